The summed E-state index contributed by atoms with van der Waals surface area (Å²) < 4.78 is 14.7. The molecule has 0 aromatic heterocycles. The maximum Gasteiger partial charge on any atom is 0.306 e. The lowest BCUT2D eigenvalue weighted by Gasteiger charge is -2.42. The van der Waals surface area contributed by atoms with Crippen LogP contribution in [0.15, 0.2) is 36.4 Å². The van der Waals surface area contributed by atoms with E-state index in [-0.39, 0.29) is 24.1 Å². The molecule has 0 amide bonds. The largest absolute Gasteiger partial charge is 0.483 e. The predicted octanol–water partition coefficient (Wildman–Crippen LogP) is 4.73. The van der Waals surface area contributed by atoms with E-state index in [0.717, 1.165) is 24.2 Å². The van der Waals surface area contributed by atoms with Gasteiger partial charge in [-0.2, -0.15) is 0 Å². The van der Waals surface area contributed by atoms with Gasteiger partial charge >= 0.3 is 5.97 Å². The molecule has 2 aromatic rings. The van der Waals surface area contributed by atoms with E-state index in [2.05, 4.69) is 4.90 Å². The van der Waals surface area contributed by atoms with Gasteiger partial charge in [0, 0.05) is 35.6 Å². The van der Waals surface area contributed by atoms with Gasteiger partial charge in [0.15, 0.2) is 0 Å². The Balaban J connectivity index is 0.000000913. The molecular formula is C23H25Cl2FN2O4. The summed E-state index contributed by atoms with van der Waals surface area (Å²) in [7, 11) is 0. The van der Waals surface area contributed by atoms with E-state index in [1.165, 1.54) is 0 Å². The number of anilines is 1. The molecule has 0 radical (unpaired) electrons. The summed E-state index contributed by atoms with van der Waals surface area (Å²) in [6, 6.07) is 10.9. The molecule has 9 heteroatoms. The van der Waals surface area contributed by atoms with Gasteiger partial charge in [-0.3, -0.25) is 14.5 Å². The molecule has 2 aromatic carbocycles. The van der Waals surface area contributed by atoms with Crippen LogP contribution in [0.2, 0.25) is 10.0 Å². The first-order valence-electron chi connectivity index (χ1n) is 10.3. The van der Waals surface area contributed by atoms with Gasteiger partial charge in [0.05, 0.1) is 11.6 Å². The molecule has 2 aliphatic heterocycles. The molecule has 2 N–H and O–H groups in total. The van der Waals surface area contributed by atoms with Gasteiger partial charge in [0.25, 0.3) is 6.47 Å². The van der Waals surface area contributed by atoms with Crippen LogP contribution in [0.25, 0.3) is 0 Å². The molecule has 2 aliphatic rings. The average molecular weight is 483 g/mol. The van der Waals surface area contributed by atoms with Gasteiger partial charge < -0.3 is 15.1 Å². The maximum absolute atomic E-state index is 14.7. The number of hydrogen-bond acceptors (Lipinski definition) is 4. The Labute approximate surface area is 196 Å². The number of benzene rings is 2. The summed E-state index contributed by atoms with van der Waals surface area (Å²) in [5.74, 6) is -1.00. The summed E-state index contributed by atoms with van der Waals surface area (Å²) in [6.07, 6.45) is 1.30. The highest BCUT2D eigenvalue weighted by Gasteiger charge is 2.32. The maximum atomic E-state index is 14.7. The number of nitrogens with zero attached hydrogens (tertiary/aromatic N) is 2. The van der Waals surface area contributed by atoms with Crippen molar-refractivity contribution < 1.29 is 24.2 Å². The van der Waals surface area contributed by atoms with Gasteiger partial charge in [0.1, 0.15) is 5.82 Å². The van der Waals surface area contributed by atoms with E-state index in [1.807, 2.05) is 35.2 Å². The number of carboxylic acid groups (broad SMARTS) is 2. The van der Waals surface area contributed by atoms with Crippen LogP contribution in [0.5, 0.6) is 0 Å². The number of carbonyl (C=O) groups is 2. The zero-order valence-electron chi connectivity index (χ0n) is 17.4. The van der Waals surface area contributed by atoms with E-state index in [4.69, 9.17) is 38.2 Å². The second-order valence-corrected chi connectivity index (χ2v) is 8.83. The number of piperidine rings is 1. The fourth-order valence-electron chi connectivity index (χ4n) is 4.26. The van der Waals surface area contributed by atoms with Crippen molar-refractivity contribution in [3.05, 3.63) is 63.4 Å². The van der Waals surface area contributed by atoms with E-state index in [1.54, 1.807) is 6.07 Å². The van der Waals surface area contributed by atoms with Gasteiger partial charge in [-0.25, -0.2) is 4.39 Å². The number of carboxylic acids is 1. The molecular weight excluding hydrogens is 458 g/mol. The van der Waals surface area contributed by atoms with Crippen molar-refractivity contribution in [3.63, 3.8) is 0 Å². The Kier molecular flexibility index (Phi) is 8.34. The lowest BCUT2D eigenvalue weighted by atomic mass is 9.90. The molecule has 2 saturated heterocycles. The van der Waals surface area contributed by atoms with E-state index >= 15 is 0 Å². The van der Waals surface area contributed by atoms with Crippen LogP contribution in [0.1, 0.15) is 29.9 Å². The number of aliphatic carboxylic acids is 1. The molecule has 0 atom stereocenters. The van der Waals surface area contributed by atoms with Crippen molar-refractivity contribution in [2.75, 3.05) is 31.1 Å². The van der Waals surface area contributed by atoms with Crippen LogP contribution in [0.4, 0.5) is 10.1 Å². The second-order valence-electron chi connectivity index (χ2n) is 8.02. The first-order chi connectivity index (χ1) is 15.3. The highest BCUT2D eigenvalue weighted by Crippen LogP contribution is 2.39. The fourth-order valence-corrected chi connectivity index (χ4v) is 4.97. The van der Waals surface area contributed by atoms with Crippen LogP contribution >= 0.6 is 23.2 Å². The van der Waals surface area contributed by atoms with Crippen molar-refractivity contribution in [1.29, 1.82) is 0 Å². The van der Waals surface area contributed by atoms with Crippen molar-refractivity contribution in [1.82, 2.24) is 4.90 Å². The lowest BCUT2D eigenvalue weighted by molar-refractivity contribution is -0.143. The molecule has 2 heterocycles. The molecule has 172 valence electrons. The van der Waals surface area contributed by atoms with Crippen LogP contribution < -0.4 is 4.90 Å². The first-order valence-corrected chi connectivity index (χ1v) is 11.1. The van der Waals surface area contributed by atoms with E-state index in [9.17, 15) is 9.18 Å². The van der Waals surface area contributed by atoms with Gasteiger partial charge in [-0.1, -0.05) is 35.3 Å². The summed E-state index contributed by atoms with van der Waals surface area (Å²) in [6.45, 7) is 3.21. The molecule has 0 saturated carbocycles. The Morgan fingerprint density at radius 3 is 2.25 bits per heavy atom. The van der Waals surface area contributed by atoms with Crippen LogP contribution in [0.3, 0.4) is 0 Å². The Morgan fingerprint density at radius 1 is 1.12 bits per heavy atom. The third-order valence-corrected chi connectivity index (χ3v) is 6.64. The SMILES string of the molecule is O=C(O)C1CCN(Cc2ccc(N3CC(c4c(Cl)cccc4Cl)C3)c(F)c2)CC1.O=CO. The molecule has 0 unspecified atom stereocenters. The lowest BCUT2D eigenvalue weighted by Crippen LogP contribution is -2.45. The van der Waals surface area contributed by atoms with Crippen molar-refractivity contribution in [2.24, 2.45) is 5.92 Å². The number of halogens is 3. The molecule has 0 bridgehead atoms. The smallest absolute Gasteiger partial charge is 0.306 e. The molecule has 4 rings (SSSR count). The zero-order valence-corrected chi connectivity index (χ0v) is 18.9. The van der Waals surface area contributed by atoms with Gasteiger partial charge in [-0.15, -0.1) is 0 Å². The van der Waals surface area contributed by atoms with E-state index in [0.29, 0.717) is 48.2 Å². The molecule has 0 spiro atoms. The predicted molar refractivity (Wildman–Crippen MR) is 122 cm³/mol. The van der Waals surface area contributed by atoms with Crippen LogP contribution in [-0.4, -0.2) is 53.7 Å². The van der Waals surface area contributed by atoms with Crippen molar-refractivity contribution >= 4 is 41.3 Å². The van der Waals surface area contributed by atoms with Crippen molar-refractivity contribution in [3.8, 4) is 0 Å². The number of hydrogen-bond donors (Lipinski definition) is 2. The molecule has 32 heavy (non-hydrogen) atoms. The monoisotopic (exact) mass is 482 g/mol. The number of rotatable bonds is 5. The summed E-state index contributed by atoms with van der Waals surface area (Å²) in [4.78, 5) is 23.6. The summed E-state index contributed by atoms with van der Waals surface area (Å²) in [5.41, 5.74) is 2.44. The summed E-state index contributed by atoms with van der Waals surface area (Å²) in [5, 5.41) is 17.3. The van der Waals surface area contributed by atoms with Crippen LogP contribution in [-0.2, 0) is 16.1 Å². The van der Waals surface area contributed by atoms with Gasteiger partial charge in [0.2, 0.25) is 0 Å². The summed E-state index contributed by atoms with van der Waals surface area (Å²) >= 11 is 12.6. The minimum atomic E-state index is -0.717. The third kappa shape index (κ3) is 5.71. The fraction of sp³-hybridized carbons (Fsp3) is 0.391. The van der Waals surface area contributed by atoms with Gasteiger partial charge in [-0.05, 0) is 61.3 Å². The Hall–Kier alpha value is -2.35. The highest BCUT2D eigenvalue weighted by atomic mass is 35.5. The molecule has 6 nitrogen and oxygen atoms in total. The van der Waals surface area contributed by atoms with E-state index < -0.39 is 5.97 Å². The zero-order chi connectivity index (χ0) is 23.3. The average Bonchev–Trinajstić information content (AvgIpc) is 2.71. The Morgan fingerprint density at radius 2 is 1.72 bits per heavy atom. The highest BCUT2D eigenvalue weighted by molar-refractivity contribution is 6.36. The minimum Gasteiger partial charge on any atom is -0.483 e. The standard InChI is InChI=1S/C22H23Cl2FN2O2.CH2O2/c23-17-2-1-3-18(24)21(17)16-12-27(13-16)20-5-4-14(10-19(20)25)11-26-8-6-15(7-9-26)22(28)29;2-1-3/h1-5,10,15-16H,6-9,11-13H2,(H,28,29);1H,(H,2,3). The quantitative estimate of drug-likeness (QED) is 0.599. The topological polar surface area (TPSA) is 81.1 Å². The Bertz CT molecular complexity index is 941. The van der Waals surface area contributed by atoms with Crippen molar-refractivity contribution in [2.45, 2.75) is 25.3 Å². The third-order valence-electron chi connectivity index (χ3n) is 5.99. The normalized spacial score (nSPS) is 17.3. The molecule has 0 aliphatic carbocycles. The molecule has 2 fully saturated rings. The van der Waals surface area contributed by atoms with Crippen LogP contribution in [0, 0.1) is 11.7 Å². The second kappa shape index (κ2) is 11.0. The first kappa shape index (κ1) is 24.3. The number of likely N-dealkylation sites (tertiary alicyclic amines) is 1. The minimum absolute atomic E-state index is 0.200.